The van der Waals surface area contributed by atoms with Gasteiger partial charge in [0.25, 0.3) is 0 Å². The number of rotatable bonds is 8. The minimum Gasteiger partial charge on any atom is -0.481 e. The molecule has 0 aromatic carbocycles. The number of aryl methyl sites for hydroxylation is 1. The molecule has 142 valence electrons. The summed E-state index contributed by atoms with van der Waals surface area (Å²) in [4.78, 5) is 15.3. The average molecular weight is 375 g/mol. The van der Waals surface area contributed by atoms with Crippen molar-refractivity contribution in [2.45, 2.75) is 47.6 Å². The van der Waals surface area contributed by atoms with Gasteiger partial charge in [-0.3, -0.25) is 9.78 Å². The van der Waals surface area contributed by atoms with Gasteiger partial charge in [-0.25, -0.2) is 4.31 Å². The second kappa shape index (κ2) is 10.3. The Balaban J connectivity index is 3.55. The summed E-state index contributed by atoms with van der Waals surface area (Å²) in [5, 5.41) is 8.93. The molecule has 0 spiro atoms. The lowest BCUT2D eigenvalue weighted by Crippen LogP contribution is -2.12. The van der Waals surface area contributed by atoms with E-state index in [1.807, 2.05) is 19.3 Å². The summed E-state index contributed by atoms with van der Waals surface area (Å²) >= 11 is 1.69. The summed E-state index contributed by atoms with van der Waals surface area (Å²) < 4.78 is 2.19. The lowest BCUT2D eigenvalue weighted by Gasteiger charge is -2.20. The maximum absolute atomic E-state index is 10.9. The van der Waals surface area contributed by atoms with Gasteiger partial charge in [0, 0.05) is 24.5 Å². The van der Waals surface area contributed by atoms with Crippen molar-refractivity contribution in [3.05, 3.63) is 58.0 Å². The standard InChI is InChI=1S/C21H30N2O2S/c1-14(2)17(5)18(10-15(3)8-9-21(24)25)19-12-22-11-16(4)20(19)13-23(6)26-7/h8,10-12H,9,13H2,1-7H3,(H,24,25)/b15-8+,18-10+. The molecule has 0 aliphatic heterocycles. The number of aromatic nitrogens is 1. The number of carboxylic acid groups (broad SMARTS) is 1. The Hall–Kier alpha value is -1.85. The maximum Gasteiger partial charge on any atom is 0.307 e. The van der Waals surface area contributed by atoms with Gasteiger partial charge in [0.2, 0.25) is 0 Å². The molecule has 5 heteroatoms. The Morgan fingerprint density at radius 1 is 1.27 bits per heavy atom. The molecule has 1 rings (SSSR count). The van der Waals surface area contributed by atoms with Crippen LogP contribution in [0.15, 0.2) is 41.3 Å². The summed E-state index contributed by atoms with van der Waals surface area (Å²) in [7, 11) is 2.07. The summed E-state index contributed by atoms with van der Waals surface area (Å²) in [6.45, 7) is 11.1. The molecule has 0 aliphatic carbocycles. The van der Waals surface area contributed by atoms with Gasteiger partial charge in [-0.05, 0) is 70.2 Å². The highest BCUT2D eigenvalue weighted by atomic mass is 32.2. The second-order valence-electron chi connectivity index (χ2n) is 6.68. The lowest BCUT2D eigenvalue weighted by atomic mass is 9.90. The van der Waals surface area contributed by atoms with Crippen molar-refractivity contribution in [3.8, 4) is 0 Å². The predicted molar refractivity (Wildman–Crippen MR) is 112 cm³/mol. The average Bonchev–Trinajstić information content (AvgIpc) is 2.58. The topological polar surface area (TPSA) is 53.4 Å². The Morgan fingerprint density at radius 3 is 2.46 bits per heavy atom. The molecule has 0 saturated carbocycles. The quantitative estimate of drug-likeness (QED) is 0.497. The number of carbonyl (C=O) groups is 1. The molecular formula is C21H30N2O2S. The fourth-order valence-electron chi connectivity index (χ4n) is 2.51. The van der Waals surface area contributed by atoms with Gasteiger partial charge in [-0.15, -0.1) is 0 Å². The first-order valence-corrected chi connectivity index (χ1v) is 9.79. The molecule has 1 aromatic rings. The van der Waals surface area contributed by atoms with E-state index in [1.54, 1.807) is 18.0 Å². The van der Waals surface area contributed by atoms with Gasteiger partial charge < -0.3 is 5.11 Å². The van der Waals surface area contributed by atoms with Crippen molar-refractivity contribution in [1.29, 1.82) is 0 Å². The molecule has 0 aliphatic rings. The van der Waals surface area contributed by atoms with E-state index in [-0.39, 0.29) is 6.42 Å². The number of pyridine rings is 1. The zero-order valence-electron chi connectivity index (χ0n) is 16.9. The number of hydrogen-bond donors (Lipinski definition) is 1. The number of hydrogen-bond acceptors (Lipinski definition) is 4. The van der Waals surface area contributed by atoms with E-state index in [0.717, 1.165) is 28.8 Å². The van der Waals surface area contributed by atoms with Crippen LogP contribution in [0.1, 0.15) is 50.8 Å². The first-order valence-electron chi connectivity index (χ1n) is 8.61. The molecule has 0 fully saturated rings. The van der Waals surface area contributed by atoms with Crippen LogP contribution in [0, 0.1) is 6.92 Å². The smallest absolute Gasteiger partial charge is 0.307 e. The van der Waals surface area contributed by atoms with Crippen molar-refractivity contribution in [3.63, 3.8) is 0 Å². The van der Waals surface area contributed by atoms with Crippen molar-refractivity contribution >= 4 is 23.5 Å². The molecule has 4 nitrogen and oxygen atoms in total. The van der Waals surface area contributed by atoms with E-state index >= 15 is 0 Å². The van der Waals surface area contributed by atoms with Crippen LogP contribution in [0.2, 0.25) is 0 Å². The third-order valence-corrected chi connectivity index (χ3v) is 5.13. The molecule has 0 atom stereocenters. The van der Waals surface area contributed by atoms with Crippen LogP contribution in [-0.2, 0) is 11.3 Å². The Bertz CT molecular complexity index is 744. The fraction of sp³-hybridized carbons (Fsp3) is 0.429. The number of carboxylic acids is 1. The molecule has 26 heavy (non-hydrogen) atoms. The van der Waals surface area contributed by atoms with Gasteiger partial charge in [-0.2, -0.15) is 0 Å². The molecular weight excluding hydrogens is 344 g/mol. The SMILES string of the molecule is CSN(C)Cc1c(C)cncc1/C(=C/C(C)=C/CC(=O)O)C(C)=C(C)C. The molecule has 1 heterocycles. The summed E-state index contributed by atoms with van der Waals surface area (Å²) in [6.07, 6.45) is 9.72. The molecule has 0 radical (unpaired) electrons. The largest absolute Gasteiger partial charge is 0.481 e. The highest BCUT2D eigenvalue weighted by molar-refractivity contribution is 7.96. The molecule has 1 N–H and O–H groups in total. The van der Waals surface area contributed by atoms with E-state index in [2.05, 4.69) is 56.4 Å². The normalized spacial score (nSPS) is 12.5. The van der Waals surface area contributed by atoms with Gasteiger partial charge in [-0.1, -0.05) is 35.2 Å². The maximum atomic E-state index is 10.9. The van der Waals surface area contributed by atoms with Crippen molar-refractivity contribution in [1.82, 2.24) is 9.29 Å². The van der Waals surface area contributed by atoms with Crippen LogP contribution < -0.4 is 0 Å². The van der Waals surface area contributed by atoms with E-state index in [0.29, 0.717) is 0 Å². The monoisotopic (exact) mass is 374 g/mol. The summed E-state index contributed by atoms with van der Waals surface area (Å²) in [5.41, 5.74) is 7.96. The predicted octanol–water partition coefficient (Wildman–Crippen LogP) is 5.26. The molecule has 1 aromatic heterocycles. The number of nitrogens with zero attached hydrogens (tertiary/aromatic N) is 2. The number of aliphatic carboxylic acids is 1. The van der Waals surface area contributed by atoms with Crippen LogP contribution in [-0.4, -0.2) is 33.7 Å². The van der Waals surface area contributed by atoms with Crippen LogP contribution >= 0.6 is 11.9 Å². The minimum absolute atomic E-state index is 0.0254. The van der Waals surface area contributed by atoms with Crippen molar-refractivity contribution in [2.24, 2.45) is 0 Å². The number of allylic oxidation sites excluding steroid dienone is 5. The zero-order chi connectivity index (χ0) is 19.9. The van der Waals surface area contributed by atoms with Gasteiger partial charge in [0.05, 0.1) is 6.42 Å². The van der Waals surface area contributed by atoms with E-state index in [4.69, 9.17) is 5.11 Å². The first kappa shape index (κ1) is 22.2. The molecule has 0 bridgehead atoms. The van der Waals surface area contributed by atoms with Crippen molar-refractivity contribution in [2.75, 3.05) is 13.3 Å². The summed E-state index contributed by atoms with van der Waals surface area (Å²) in [5.74, 6) is -0.822. The third kappa shape index (κ3) is 6.46. The van der Waals surface area contributed by atoms with Gasteiger partial charge >= 0.3 is 5.97 Å². The van der Waals surface area contributed by atoms with E-state index in [1.165, 1.54) is 16.7 Å². The molecule has 0 amide bonds. The lowest BCUT2D eigenvalue weighted by molar-refractivity contribution is -0.136. The summed E-state index contributed by atoms with van der Waals surface area (Å²) in [6, 6.07) is 0. The van der Waals surface area contributed by atoms with Crippen LogP contribution in [0.3, 0.4) is 0 Å². The van der Waals surface area contributed by atoms with Crippen LogP contribution in [0.5, 0.6) is 0 Å². The molecule has 0 unspecified atom stereocenters. The van der Waals surface area contributed by atoms with Crippen LogP contribution in [0.4, 0.5) is 0 Å². The molecule has 0 saturated heterocycles. The first-order chi connectivity index (χ1) is 12.2. The van der Waals surface area contributed by atoms with Crippen LogP contribution in [0.25, 0.3) is 5.57 Å². The highest BCUT2D eigenvalue weighted by Crippen LogP contribution is 2.31. The Labute approximate surface area is 161 Å². The van der Waals surface area contributed by atoms with Gasteiger partial charge in [0.15, 0.2) is 0 Å². The second-order valence-corrected chi connectivity index (χ2v) is 7.67. The highest BCUT2D eigenvalue weighted by Gasteiger charge is 2.15. The third-order valence-electron chi connectivity index (χ3n) is 4.38. The minimum atomic E-state index is -0.822. The van der Waals surface area contributed by atoms with E-state index in [9.17, 15) is 4.79 Å². The Morgan fingerprint density at radius 2 is 1.92 bits per heavy atom. The Kier molecular flexibility index (Phi) is 8.82. The van der Waals surface area contributed by atoms with E-state index < -0.39 is 5.97 Å². The fourth-order valence-corrected chi connectivity index (χ4v) is 2.77. The zero-order valence-corrected chi connectivity index (χ0v) is 17.7. The van der Waals surface area contributed by atoms with Crippen molar-refractivity contribution < 1.29 is 9.90 Å². The van der Waals surface area contributed by atoms with Gasteiger partial charge in [0.1, 0.15) is 0 Å².